The molecule has 0 saturated carbocycles. The van der Waals surface area contributed by atoms with Gasteiger partial charge in [0.15, 0.2) is 0 Å². The lowest BCUT2D eigenvalue weighted by Gasteiger charge is -2.29. The average molecular weight is 316 g/mol. The molecule has 1 atom stereocenters. The zero-order chi connectivity index (χ0) is 16.8. The summed E-state index contributed by atoms with van der Waals surface area (Å²) in [6.45, 7) is 6.18. The molecule has 0 radical (unpaired) electrons. The van der Waals surface area contributed by atoms with Gasteiger partial charge in [-0.15, -0.1) is 0 Å². The van der Waals surface area contributed by atoms with Crippen LogP contribution in [0.1, 0.15) is 50.8 Å². The minimum atomic E-state index is -0.477. The lowest BCUT2D eigenvalue weighted by atomic mass is 9.93. The van der Waals surface area contributed by atoms with Crippen LogP contribution in [0.25, 0.3) is 0 Å². The number of esters is 1. The van der Waals surface area contributed by atoms with Gasteiger partial charge in [0.1, 0.15) is 0 Å². The number of aryl methyl sites for hydroxylation is 1. The van der Waals surface area contributed by atoms with Crippen molar-refractivity contribution < 1.29 is 14.3 Å². The highest BCUT2D eigenvalue weighted by Gasteiger charge is 2.33. The second-order valence-electron chi connectivity index (χ2n) is 5.49. The number of nitrogens with one attached hydrogen (secondary N) is 2. The molecule has 0 saturated heterocycles. The highest BCUT2D eigenvalue weighted by Crippen LogP contribution is 2.29. The van der Waals surface area contributed by atoms with Crippen LogP contribution in [0, 0.1) is 0 Å². The molecular formula is C18H24N2O3. The summed E-state index contributed by atoms with van der Waals surface area (Å²) in [5, 5.41) is 5.60. The summed E-state index contributed by atoms with van der Waals surface area (Å²) in [5.41, 5.74) is 3.25. The topological polar surface area (TPSA) is 67.4 Å². The van der Waals surface area contributed by atoms with Crippen LogP contribution in [0.5, 0.6) is 0 Å². The SMILES string of the molecule is CCCC1=C(C(=O)OCC)[C@@H](c2ccc(CC)cc2)NC(=O)N1. The Balaban J connectivity index is 2.45. The first-order chi connectivity index (χ1) is 11.1. The van der Waals surface area contributed by atoms with Crippen LogP contribution in [0.4, 0.5) is 4.79 Å². The maximum Gasteiger partial charge on any atom is 0.338 e. The fourth-order valence-corrected chi connectivity index (χ4v) is 2.71. The van der Waals surface area contributed by atoms with Gasteiger partial charge in [-0.1, -0.05) is 44.5 Å². The van der Waals surface area contributed by atoms with Crippen molar-refractivity contribution in [1.82, 2.24) is 10.6 Å². The Labute approximate surface area is 137 Å². The highest BCUT2D eigenvalue weighted by molar-refractivity contribution is 5.95. The summed E-state index contributed by atoms with van der Waals surface area (Å²) >= 11 is 0. The lowest BCUT2D eigenvalue weighted by molar-refractivity contribution is -0.139. The molecule has 0 spiro atoms. The largest absolute Gasteiger partial charge is 0.463 e. The van der Waals surface area contributed by atoms with E-state index in [2.05, 4.69) is 17.6 Å². The Morgan fingerprint density at radius 1 is 1.17 bits per heavy atom. The van der Waals surface area contributed by atoms with Crippen LogP contribution >= 0.6 is 0 Å². The summed E-state index contributed by atoms with van der Waals surface area (Å²) in [4.78, 5) is 24.4. The highest BCUT2D eigenvalue weighted by atomic mass is 16.5. The lowest BCUT2D eigenvalue weighted by Crippen LogP contribution is -2.46. The maximum atomic E-state index is 12.4. The van der Waals surface area contributed by atoms with Crippen LogP contribution in [-0.2, 0) is 16.0 Å². The van der Waals surface area contributed by atoms with E-state index in [1.165, 1.54) is 5.56 Å². The fourth-order valence-electron chi connectivity index (χ4n) is 2.71. The molecule has 0 aromatic heterocycles. The maximum absolute atomic E-state index is 12.4. The zero-order valence-corrected chi connectivity index (χ0v) is 13.9. The standard InChI is InChI=1S/C18H24N2O3/c1-4-7-14-15(17(21)23-6-3)16(20-18(22)19-14)13-10-8-12(5-2)9-11-13/h8-11,16H,4-7H2,1-3H3,(H2,19,20,22)/t16-/m1/s1. The number of amides is 2. The van der Waals surface area contributed by atoms with E-state index in [-0.39, 0.29) is 12.0 Å². The van der Waals surface area contributed by atoms with E-state index in [9.17, 15) is 9.59 Å². The van der Waals surface area contributed by atoms with Gasteiger partial charge in [-0.05, 0) is 30.9 Å². The van der Waals surface area contributed by atoms with E-state index in [0.29, 0.717) is 24.3 Å². The van der Waals surface area contributed by atoms with Crippen molar-refractivity contribution in [1.29, 1.82) is 0 Å². The van der Waals surface area contributed by atoms with Crippen LogP contribution in [0.3, 0.4) is 0 Å². The van der Waals surface area contributed by atoms with E-state index in [1.54, 1.807) is 6.92 Å². The molecule has 2 N–H and O–H groups in total. The molecule has 0 aliphatic carbocycles. The Bertz CT molecular complexity index is 605. The number of rotatable bonds is 6. The molecule has 1 aromatic carbocycles. The molecule has 0 fully saturated rings. The Morgan fingerprint density at radius 2 is 1.87 bits per heavy atom. The van der Waals surface area contributed by atoms with Gasteiger partial charge in [0.05, 0.1) is 18.2 Å². The molecule has 1 aliphatic heterocycles. The number of benzene rings is 1. The minimum Gasteiger partial charge on any atom is -0.463 e. The number of hydrogen-bond acceptors (Lipinski definition) is 3. The first kappa shape index (κ1) is 17.1. The number of carbonyl (C=O) groups excluding carboxylic acids is 2. The first-order valence-electron chi connectivity index (χ1n) is 8.17. The molecule has 1 heterocycles. The third-order valence-corrected chi connectivity index (χ3v) is 3.87. The van der Waals surface area contributed by atoms with Crippen molar-refractivity contribution in [3.8, 4) is 0 Å². The molecule has 0 unspecified atom stereocenters. The van der Waals surface area contributed by atoms with Gasteiger partial charge in [-0.25, -0.2) is 9.59 Å². The molecule has 1 aromatic rings. The van der Waals surface area contributed by atoms with Gasteiger partial charge in [0.25, 0.3) is 0 Å². The molecular weight excluding hydrogens is 292 g/mol. The third-order valence-electron chi connectivity index (χ3n) is 3.87. The smallest absolute Gasteiger partial charge is 0.338 e. The van der Waals surface area contributed by atoms with Crippen LogP contribution in [0.15, 0.2) is 35.5 Å². The second kappa shape index (κ2) is 7.81. The zero-order valence-electron chi connectivity index (χ0n) is 13.9. The quantitative estimate of drug-likeness (QED) is 0.792. The van der Waals surface area contributed by atoms with Crippen LogP contribution in [-0.4, -0.2) is 18.6 Å². The third kappa shape index (κ3) is 3.92. The summed E-state index contributed by atoms with van der Waals surface area (Å²) in [6.07, 6.45) is 2.41. The van der Waals surface area contributed by atoms with Crippen molar-refractivity contribution in [3.05, 3.63) is 46.7 Å². The number of allylic oxidation sites excluding steroid dienone is 1. The van der Waals surface area contributed by atoms with Gasteiger partial charge in [0.2, 0.25) is 0 Å². The summed E-state index contributed by atoms with van der Waals surface area (Å²) in [7, 11) is 0. The van der Waals surface area contributed by atoms with Crippen LogP contribution in [0.2, 0.25) is 0 Å². The summed E-state index contributed by atoms with van der Waals surface area (Å²) < 4.78 is 5.20. The molecule has 0 bridgehead atoms. The van der Waals surface area contributed by atoms with E-state index in [4.69, 9.17) is 4.74 Å². The number of ether oxygens (including phenoxy) is 1. The van der Waals surface area contributed by atoms with Crippen molar-refractivity contribution >= 4 is 12.0 Å². The second-order valence-corrected chi connectivity index (χ2v) is 5.49. The van der Waals surface area contributed by atoms with Crippen molar-refractivity contribution in [3.63, 3.8) is 0 Å². The van der Waals surface area contributed by atoms with E-state index >= 15 is 0 Å². The van der Waals surface area contributed by atoms with Gasteiger partial charge in [-0.2, -0.15) is 0 Å². The van der Waals surface area contributed by atoms with Crippen LogP contribution < -0.4 is 10.6 Å². The molecule has 2 amide bonds. The molecule has 1 aliphatic rings. The Kier molecular flexibility index (Phi) is 5.79. The van der Waals surface area contributed by atoms with E-state index < -0.39 is 6.04 Å². The van der Waals surface area contributed by atoms with Crippen molar-refractivity contribution in [2.24, 2.45) is 0 Å². The normalized spacial score (nSPS) is 17.5. The fraction of sp³-hybridized carbons (Fsp3) is 0.444. The van der Waals surface area contributed by atoms with E-state index in [1.807, 2.05) is 31.2 Å². The van der Waals surface area contributed by atoms with Gasteiger partial charge in [-0.3, -0.25) is 0 Å². The molecule has 23 heavy (non-hydrogen) atoms. The predicted molar refractivity (Wildman–Crippen MR) is 88.8 cm³/mol. The monoisotopic (exact) mass is 316 g/mol. The average Bonchev–Trinajstić information content (AvgIpc) is 2.55. The Hall–Kier alpha value is -2.30. The Morgan fingerprint density at radius 3 is 2.43 bits per heavy atom. The van der Waals surface area contributed by atoms with Gasteiger partial charge in [0, 0.05) is 5.70 Å². The number of urea groups is 1. The van der Waals surface area contributed by atoms with Gasteiger partial charge >= 0.3 is 12.0 Å². The van der Waals surface area contributed by atoms with Gasteiger partial charge < -0.3 is 15.4 Å². The minimum absolute atomic E-state index is 0.286. The van der Waals surface area contributed by atoms with Crippen molar-refractivity contribution in [2.75, 3.05) is 6.61 Å². The number of carbonyl (C=O) groups is 2. The summed E-state index contributed by atoms with van der Waals surface area (Å²) in [6, 6.07) is 7.19. The first-order valence-corrected chi connectivity index (χ1v) is 8.17. The predicted octanol–water partition coefficient (Wildman–Crippen LogP) is 3.22. The summed E-state index contributed by atoms with van der Waals surface area (Å²) in [5.74, 6) is -0.381. The molecule has 2 rings (SSSR count). The number of hydrogen-bond donors (Lipinski definition) is 2. The molecule has 124 valence electrons. The molecule has 5 heteroatoms. The van der Waals surface area contributed by atoms with Crippen molar-refractivity contribution in [2.45, 2.75) is 46.1 Å². The van der Waals surface area contributed by atoms with E-state index in [0.717, 1.165) is 18.4 Å². The molecule has 5 nitrogen and oxygen atoms in total.